The molecule has 0 atom stereocenters. The summed E-state index contributed by atoms with van der Waals surface area (Å²) in [7, 11) is 3.86. The van der Waals surface area contributed by atoms with Crippen LogP contribution in [-0.2, 0) is 4.79 Å². The van der Waals surface area contributed by atoms with E-state index in [0.717, 1.165) is 5.69 Å². The van der Waals surface area contributed by atoms with Crippen molar-refractivity contribution in [2.45, 2.75) is 13.8 Å². The predicted octanol–water partition coefficient (Wildman–Crippen LogP) is 3.60. The van der Waals surface area contributed by atoms with Gasteiger partial charge in [-0.2, -0.15) is 0 Å². The molecular weight excluding hydrogens is 302 g/mol. The summed E-state index contributed by atoms with van der Waals surface area (Å²) in [6.07, 6.45) is 0. The second-order valence-corrected chi connectivity index (χ2v) is 6.12. The van der Waals surface area contributed by atoms with E-state index in [2.05, 4.69) is 10.6 Å². The fourth-order valence-electron chi connectivity index (χ4n) is 2.05. The van der Waals surface area contributed by atoms with Gasteiger partial charge in [0.1, 0.15) is 0 Å². The lowest BCUT2D eigenvalue weighted by Crippen LogP contribution is -2.17. The summed E-state index contributed by atoms with van der Waals surface area (Å²) < 4.78 is 0. The Kier molecular flexibility index (Phi) is 5.58. The van der Waals surface area contributed by atoms with Crippen LogP contribution in [0.3, 0.4) is 0 Å². The second kappa shape index (κ2) is 7.64. The van der Waals surface area contributed by atoms with E-state index in [1.807, 2.05) is 51.0 Å². The maximum atomic E-state index is 12.3. The molecule has 0 heterocycles. The number of carbonyl (C=O) groups excluding carboxylic acids is 2. The fourth-order valence-corrected chi connectivity index (χ4v) is 2.05. The molecule has 2 N–H and O–H groups in total. The third-order valence-corrected chi connectivity index (χ3v) is 3.56. The SMILES string of the molecule is CC(C)C(=O)Nc1ccc(NC(=O)c2cccc(N(C)C)c2)cc1. The Morgan fingerprint density at radius 1 is 0.917 bits per heavy atom. The quantitative estimate of drug-likeness (QED) is 0.883. The number of rotatable bonds is 5. The lowest BCUT2D eigenvalue weighted by molar-refractivity contribution is -0.118. The minimum Gasteiger partial charge on any atom is -0.378 e. The number of nitrogens with one attached hydrogen (secondary N) is 2. The van der Waals surface area contributed by atoms with Gasteiger partial charge < -0.3 is 15.5 Å². The van der Waals surface area contributed by atoms with Crippen LogP contribution in [-0.4, -0.2) is 25.9 Å². The van der Waals surface area contributed by atoms with Gasteiger partial charge in [0, 0.05) is 42.6 Å². The summed E-state index contributed by atoms with van der Waals surface area (Å²) in [5.74, 6) is -0.279. The van der Waals surface area contributed by atoms with Crippen LogP contribution in [0.4, 0.5) is 17.1 Å². The van der Waals surface area contributed by atoms with Crippen molar-refractivity contribution in [1.29, 1.82) is 0 Å². The normalized spacial score (nSPS) is 10.4. The molecule has 5 nitrogen and oxygen atoms in total. The zero-order chi connectivity index (χ0) is 17.7. The largest absolute Gasteiger partial charge is 0.378 e. The topological polar surface area (TPSA) is 61.4 Å². The Balaban J connectivity index is 2.04. The molecule has 2 amide bonds. The van der Waals surface area contributed by atoms with Crippen LogP contribution in [0.1, 0.15) is 24.2 Å². The van der Waals surface area contributed by atoms with Gasteiger partial charge in [-0.1, -0.05) is 19.9 Å². The van der Waals surface area contributed by atoms with E-state index in [9.17, 15) is 9.59 Å². The number of benzene rings is 2. The van der Waals surface area contributed by atoms with Crippen LogP contribution in [0.25, 0.3) is 0 Å². The van der Waals surface area contributed by atoms with E-state index >= 15 is 0 Å². The van der Waals surface area contributed by atoms with Crippen molar-refractivity contribution in [3.05, 3.63) is 54.1 Å². The Labute approximate surface area is 142 Å². The number of amides is 2. The number of carbonyl (C=O) groups is 2. The minimum absolute atomic E-state index is 0.0349. The molecule has 0 aliphatic carbocycles. The summed E-state index contributed by atoms with van der Waals surface area (Å²) in [4.78, 5) is 26.0. The number of nitrogens with zero attached hydrogens (tertiary/aromatic N) is 1. The van der Waals surface area contributed by atoms with Gasteiger partial charge in [0.2, 0.25) is 5.91 Å². The fraction of sp³-hybridized carbons (Fsp3) is 0.263. The van der Waals surface area contributed by atoms with E-state index < -0.39 is 0 Å². The van der Waals surface area contributed by atoms with Gasteiger partial charge >= 0.3 is 0 Å². The molecule has 0 unspecified atom stereocenters. The van der Waals surface area contributed by atoms with E-state index in [-0.39, 0.29) is 17.7 Å². The number of hydrogen-bond donors (Lipinski definition) is 2. The highest BCUT2D eigenvalue weighted by Gasteiger charge is 2.09. The molecule has 0 fully saturated rings. The van der Waals surface area contributed by atoms with Crippen LogP contribution in [0, 0.1) is 5.92 Å². The Morgan fingerprint density at radius 2 is 1.50 bits per heavy atom. The molecule has 126 valence electrons. The molecule has 0 aliphatic heterocycles. The van der Waals surface area contributed by atoms with E-state index in [4.69, 9.17) is 0 Å². The molecule has 0 radical (unpaired) electrons. The Hall–Kier alpha value is -2.82. The van der Waals surface area contributed by atoms with Crippen molar-refractivity contribution >= 4 is 28.9 Å². The van der Waals surface area contributed by atoms with Crippen molar-refractivity contribution in [3.8, 4) is 0 Å². The third kappa shape index (κ3) is 4.59. The van der Waals surface area contributed by atoms with Gasteiger partial charge in [-0.15, -0.1) is 0 Å². The second-order valence-electron chi connectivity index (χ2n) is 6.12. The summed E-state index contributed by atoms with van der Waals surface area (Å²) in [6.45, 7) is 3.68. The van der Waals surface area contributed by atoms with E-state index in [0.29, 0.717) is 16.9 Å². The first kappa shape index (κ1) is 17.5. The van der Waals surface area contributed by atoms with E-state index in [1.54, 1.807) is 30.3 Å². The molecule has 2 aromatic rings. The van der Waals surface area contributed by atoms with Crippen LogP contribution in [0.15, 0.2) is 48.5 Å². The first-order valence-electron chi connectivity index (χ1n) is 7.86. The molecule has 0 bridgehead atoms. The standard InChI is InChI=1S/C19H23N3O2/c1-13(2)18(23)20-15-8-10-16(11-9-15)21-19(24)14-6-5-7-17(12-14)22(3)4/h5-13H,1-4H3,(H,20,23)(H,21,24). The molecule has 0 aromatic heterocycles. The summed E-state index contributed by atoms with van der Waals surface area (Å²) in [5, 5.41) is 5.67. The van der Waals surface area contributed by atoms with Crippen LogP contribution >= 0.6 is 0 Å². The number of anilines is 3. The smallest absolute Gasteiger partial charge is 0.255 e. The monoisotopic (exact) mass is 325 g/mol. The van der Waals surface area contributed by atoms with Crippen molar-refractivity contribution in [1.82, 2.24) is 0 Å². The first-order chi connectivity index (χ1) is 11.4. The maximum absolute atomic E-state index is 12.3. The van der Waals surface area contributed by atoms with E-state index in [1.165, 1.54) is 0 Å². The highest BCUT2D eigenvalue weighted by molar-refractivity contribution is 6.05. The highest BCUT2D eigenvalue weighted by Crippen LogP contribution is 2.17. The van der Waals surface area contributed by atoms with Crippen molar-refractivity contribution < 1.29 is 9.59 Å². The molecule has 2 rings (SSSR count). The molecule has 0 saturated heterocycles. The van der Waals surface area contributed by atoms with Crippen molar-refractivity contribution in [3.63, 3.8) is 0 Å². The lowest BCUT2D eigenvalue weighted by Gasteiger charge is -2.13. The van der Waals surface area contributed by atoms with Gasteiger partial charge in [-0.25, -0.2) is 0 Å². The maximum Gasteiger partial charge on any atom is 0.255 e. The van der Waals surface area contributed by atoms with Gasteiger partial charge in [0.15, 0.2) is 0 Å². The number of hydrogen-bond acceptors (Lipinski definition) is 3. The van der Waals surface area contributed by atoms with Gasteiger partial charge in [0.05, 0.1) is 0 Å². The predicted molar refractivity (Wildman–Crippen MR) is 98.6 cm³/mol. The summed E-state index contributed by atoms with van der Waals surface area (Å²) >= 11 is 0. The third-order valence-electron chi connectivity index (χ3n) is 3.56. The summed E-state index contributed by atoms with van der Waals surface area (Å²) in [6, 6.07) is 14.5. The van der Waals surface area contributed by atoms with Gasteiger partial charge in [-0.05, 0) is 42.5 Å². The Bertz CT molecular complexity index is 722. The highest BCUT2D eigenvalue weighted by atomic mass is 16.2. The van der Waals surface area contributed by atoms with Crippen molar-refractivity contribution in [2.24, 2.45) is 5.92 Å². The Morgan fingerprint density at radius 3 is 2.04 bits per heavy atom. The molecule has 0 aliphatic rings. The lowest BCUT2D eigenvalue weighted by atomic mass is 10.1. The minimum atomic E-state index is -0.169. The van der Waals surface area contributed by atoms with Crippen LogP contribution in [0.5, 0.6) is 0 Å². The molecular formula is C19H23N3O2. The molecule has 0 saturated carbocycles. The molecule has 2 aromatic carbocycles. The first-order valence-corrected chi connectivity index (χ1v) is 7.86. The average Bonchev–Trinajstić information content (AvgIpc) is 2.56. The van der Waals surface area contributed by atoms with Gasteiger partial charge in [-0.3, -0.25) is 9.59 Å². The van der Waals surface area contributed by atoms with Gasteiger partial charge in [0.25, 0.3) is 5.91 Å². The van der Waals surface area contributed by atoms with Crippen LogP contribution < -0.4 is 15.5 Å². The average molecular weight is 325 g/mol. The van der Waals surface area contributed by atoms with Crippen LogP contribution in [0.2, 0.25) is 0 Å². The zero-order valence-electron chi connectivity index (χ0n) is 14.5. The van der Waals surface area contributed by atoms with Crippen molar-refractivity contribution in [2.75, 3.05) is 29.6 Å². The molecule has 5 heteroatoms. The molecule has 24 heavy (non-hydrogen) atoms. The molecule has 0 spiro atoms. The summed E-state index contributed by atoms with van der Waals surface area (Å²) in [5.41, 5.74) is 2.95. The zero-order valence-corrected chi connectivity index (χ0v) is 14.5.